The van der Waals surface area contributed by atoms with Crippen LogP contribution in [0.2, 0.25) is 0 Å². The van der Waals surface area contributed by atoms with Crippen molar-refractivity contribution in [3.63, 3.8) is 0 Å². The fourth-order valence-corrected chi connectivity index (χ4v) is 1.08. The zero-order valence-corrected chi connectivity index (χ0v) is 9.10. The number of rotatable bonds is 3. The number of nitrogen functional groups attached to an aromatic ring is 1. The minimum Gasteiger partial charge on any atom is -0.452 e. The van der Waals surface area contributed by atoms with Gasteiger partial charge in [-0.2, -0.15) is 0 Å². The van der Waals surface area contributed by atoms with E-state index >= 15 is 0 Å². The highest BCUT2D eigenvalue weighted by Gasteiger charge is 2.15. The maximum absolute atomic E-state index is 13.3. The Balaban J connectivity index is 2.60. The molecule has 0 heterocycles. The van der Waals surface area contributed by atoms with Crippen molar-refractivity contribution in [2.24, 2.45) is 5.73 Å². The maximum Gasteiger partial charge on any atom is 0.341 e. The molecule has 1 rings (SSSR count). The van der Waals surface area contributed by atoms with Crippen LogP contribution in [0.4, 0.5) is 14.9 Å². The minimum absolute atomic E-state index is 0.149. The van der Waals surface area contributed by atoms with Crippen molar-refractivity contribution in [2.75, 3.05) is 12.3 Å². The lowest BCUT2D eigenvalue weighted by Gasteiger charge is -2.05. The Morgan fingerprint density at radius 1 is 1.33 bits per heavy atom. The van der Waals surface area contributed by atoms with Gasteiger partial charge in [0.25, 0.3) is 5.91 Å². The molecule has 0 saturated carbocycles. The van der Waals surface area contributed by atoms with Gasteiger partial charge in [-0.05, 0) is 18.2 Å². The topological polar surface area (TPSA) is 125 Å². The lowest BCUT2D eigenvalue weighted by atomic mass is 10.2. The van der Waals surface area contributed by atoms with Gasteiger partial charge in [-0.25, -0.2) is 14.0 Å². The molecule has 18 heavy (non-hydrogen) atoms. The van der Waals surface area contributed by atoms with Gasteiger partial charge in [-0.15, -0.1) is 0 Å². The van der Waals surface area contributed by atoms with Crippen LogP contribution >= 0.6 is 0 Å². The number of hydrogen-bond acceptors (Lipinski definition) is 5. The number of nitrogens with two attached hydrogens (primary N) is 2. The predicted octanol–water partition coefficient (Wildman–Crippen LogP) is -0.240. The van der Waals surface area contributed by atoms with E-state index in [2.05, 4.69) is 10.5 Å². The number of imide groups is 1. The monoisotopic (exact) mass is 255 g/mol. The summed E-state index contributed by atoms with van der Waals surface area (Å²) in [6.45, 7) is -0.744. The lowest BCUT2D eigenvalue weighted by Crippen LogP contribution is -2.37. The third-order valence-electron chi connectivity index (χ3n) is 1.81. The zero-order valence-electron chi connectivity index (χ0n) is 9.10. The van der Waals surface area contributed by atoms with E-state index in [-0.39, 0.29) is 11.3 Å². The van der Waals surface area contributed by atoms with Crippen molar-refractivity contribution in [1.82, 2.24) is 5.32 Å². The summed E-state index contributed by atoms with van der Waals surface area (Å²) in [5, 5.41) is 1.68. The first-order valence-electron chi connectivity index (χ1n) is 4.71. The average Bonchev–Trinajstić information content (AvgIpc) is 2.25. The van der Waals surface area contributed by atoms with Crippen molar-refractivity contribution < 1.29 is 23.5 Å². The van der Waals surface area contributed by atoms with Gasteiger partial charge in [0.1, 0.15) is 5.82 Å². The third kappa shape index (κ3) is 3.74. The second kappa shape index (κ2) is 5.62. The number of carbonyl (C=O) groups is 3. The fraction of sp³-hybridized carbons (Fsp3) is 0.100. The van der Waals surface area contributed by atoms with Crippen LogP contribution < -0.4 is 16.8 Å². The zero-order chi connectivity index (χ0) is 13.7. The molecule has 0 aliphatic heterocycles. The number of ether oxygens (including phenoxy) is 1. The standard InChI is InChI=1S/C10H10FN3O4/c11-7-3-5(12)1-2-6(7)9(16)18-4-8(15)14-10(13)17/h1-3H,4,12H2,(H3,13,14,15,17). The summed E-state index contributed by atoms with van der Waals surface area (Å²) in [6.07, 6.45) is 0. The first-order valence-corrected chi connectivity index (χ1v) is 4.71. The lowest BCUT2D eigenvalue weighted by molar-refractivity contribution is -0.123. The van der Waals surface area contributed by atoms with Gasteiger partial charge in [-0.1, -0.05) is 0 Å². The van der Waals surface area contributed by atoms with Gasteiger partial charge in [-0.3, -0.25) is 10.1 Å². The molecule has 0 aromatic heterocycles. The normalized spacial score (nSPS) is 9.61. The van der Waals surface area contributed by atoms with Gasteiger partial charge >= 0.3 is 12.0 Å². The number of urea groups is 1. The molecule has 1 aromatic carbocycles. The summed E-state index contributed by atoms with van der Waals surface area (Å²) in [6, 6.07) is 2.30. The van der Waals surface area contributed by atoms with Crippen LogP contribution in [0.3, 0.4) is 0 Å². The van der Waals surface area contributed by atoms with E-state index in [4.69, 9.17) is 5.73 Å². The first kappa shape index (κ1) is 13.4. The molecule has 96 valence electrons. The SMILES string of the molecule is NC(=O)NC(=O)COC(=O)c1ccc(N)cc1F. The van der Waals surface area contributed by atoms with Crippen molar-refractivity contribution in [1.29, 1.82) is 0 Å². The smallest absolute Gasteiger partial charge is 0.341 e. The van der Waals surface area contributed by atoms with Crippen LogP contribution in [-0.4, -0.2) is 24.5 Å². The summed E-state index contributed by atoms with van der Waals surface area (Å²) >= 11 is 0. The molecule has 7 nitrogen and oxygen atoms in total. The number of primary amides is 1. The van der Waals surface area contributed by atoms with E-state index in [1.54, 1.807) is 5.32 Å². The molecule has 0 bridgehead atoms. The van der Waals surface area contributed by atoms with E-state index in [1.807, 2.05) is 0 Å². The highest BCUT2D eigenvalue weighted by molar-refractivity contribution is 5.96. The van der Waals surface area contributed by atoms with Crippen molar-refractivity contribution in [2.45, 2.75) is 0 Å². The Morgan fingerprint density at radius 2 is 2.00 bits per heavy atom. The van der Waals surface area contributed by atoms with Gasteiger partial charge < -0.3 is 16.2 Å². The van der Waals surface area contributed by atoms with Crippen LogP contribution in [0.1, 0.15) is 10.4 Å². The highest BCUT2D eigenvalue weighted by Crippen LogP contribution is 2.12. The van der Waals surface area contributed by atoms with Crippen LogP contribution in [-0.2, 0) is 9.53 Å². The molecular formula is C10H10FN3O4. The molecule has 5 N–H and O–H groups in total. The molecule has 3 amide bonds. The number of hydrogen-bond donors (Lipinski definition) is 3. The summed E-state index contributed by atoms with van der Waals surface area (Å²) in [5.41, 5.74) is 9.75. The summed E-state index contributed by atoms with van der Waals surface area (Å²) < 4.78 is 17.8. The summed E-state index contributed by atoms with van der Waals surface area (Å²) in [4.78, 5) is 32.6. The number of benzene rings is 1. The number of esters is 1. The van der Waals surface area contributed by atoms with E-state index < -0.39 is 30.3 Å². The van der Waals surface area contributed by atoms with Crippen molar-refractivity contribution in [3.05, 3.63) is 29.6 Å². The number of nitrogens with one attached hydrogen (secondary N) is 1. The molecule has 0 spiro atoms. The maximum atomic E-state index is 13.3. The molecule has 0 aliphatic rings. The van der Waals surface area contributed by atoms with Gasteiger partial charge in [0.05, 0.1) is 5.56 Å². The molecule has 0 unspecified atom stereocenters. The van der Waals surface area contributed by atoms with Crippen LogP contribution in [0, 0.1) is 5.82 Å². The number of halogens is 1. The van der Waals surface area contributed by atoms with Crippen LogP contribution in [0.25, 0.3) is 0 Å². The molecule has 8 heteroatoms. The van der Waals surface area contributed by atoms with Crippen LogP contribution in [0.15, 0.2) is 18.2 Å². The first-order chi connectivity index (χ1) is 8.40. The van der Waals surface area contributed by atoms with Gasteiger partial charge in [0.15, 0.2) is 6.61 Å². The van der Waals surface area contributed by atoms with Crippen molar-refractivity contribution >= 4 is 23.6 Å². The molecule has 0 radical (unpaired) electrons. The molecule has 0 saturated heterocycles. The molecule has 0 fully saturated rings. The Morgan fingerprint density at radius 3 is 2.56 bits per heavy atom. The Hall–Kier alpha value is -2.64. The predicted molar refractivity (Wildman–Crippen MR) is 58.8 cm³/mol. The largest absolute Gasteiger partial charge is 0.452 e. The Bertz CT molecular complexity index is 504. The summed E-state index contributed by atoms with van der Waals surface area (Å²) in [5.74, 6) is -2.82. The average molecular weight is 255 g/mol. The molecule has 0 aliphatic carbocycles. The van der Waals surface area contributed by atoms with E-state index in [0.29, 0.717) is 0 Å². The summed E-state index contributed by atoms with van der Waals surface area (Å²) in [7, 11) is 0. The van der Waals surface area contributed by atoms with E-state index in [9.17, 15) is 18.8 Å². The number of anilines is 1. The Kier molecular flexibility index (Phi) is 4.19. The Labute approximate surface area is 101 Å². The van der Waals surface area contributed by atoms with Crippen LogP contribution in [0.5, 0.6) is 0 Å². The molecule has 1 aromatic rings. The van der Waals surface area contributed by atoms with E-state index in [1.165, 1.54) is 6.07 Å². The van der Waals surface area contributed by atoms with E-state index in [0.717, 1.165) is 12.1 Å². The minimum atomic E-state index is -1.07. The van der Waals surface area contributed by atoms with Gasteiger partial charge in [0, 0.05) is 5.69 Å². The van der Waals surface area contributed by atoms with Gasteiger partial charge in [0.2, 0.25) is 0 Å². The quantitative estimate of drug-likeness (QED) is 0.507. The molecular weight excluding hydrogens is 245 g/mol. The second-order valence-corrected chi connectivity index (χ2v) is 3.23. The van der Waals surface area contributed by atoms with Crippen molar-refractivity contribution in [3.8, 4) is 0 Å². The highest BCUT2D eigenvalue weighted by atomic mass is 19.1. The second-order valence-electron chi connectivity index (χ2n) is 3.23. The molecule has 0 atom stereocenters. The number of amides is 3. The number of carbonyl (C=O) groups excluding carboxylic acids is 3. The fourth-order valence-electron chi connectivity index (χ4n) is 1.08. The third-order valence-corrected chi connectivity index (χ3v) is 1.81.